The van der Waals surface area contributed by atoms with Crippen LogP contribution in [-0.4, -0.2) is 34.2 Å². The van der Waals surface area contributed by atoms with Gasteiger partial charge in [-0.15, -0.1) is 11.3 Å². The monoisotopic (exact) mass is 482 g/mol. The van der Waals surface area contributed by atoms with Gasteiger partial charge in [0.25, 0.3) is 0 Å². The molecule has 0 radical (unpaired) electrons. The average Bonchev–Trinajstić information content (AvgIpc) is 3.58. The van der Waals surface area contributed by atoms with Crippen LogP contribution in [0.3, 0.4) is 0 Å². The highest BCUT2D eigenvalue weighted by atomic mass is 32.1. The van der Waals surface area contributed by atoms with Crippen LogP contribution in [0.15, 0.2) is 90.5 Å². The lowest BCUT2D eigenvalue weighted by molar-refractivity contribution is 0.530. The van der Waals surface area contributed by atoms with Crippen molar-refractivity contribution in [3.05, 3.63) is 117 Å². The molecule has 0 spiro atoms. The van der Waals surface area contributed by atoms with Gasteiger partial charge in [-0.05, 0) is 67.7 Å². The summed E-state index contributed by atoms with van der Waals surface area (Å²) in [6, 6.07) is 6.36. The molecule has 0 atom stereocenters. The third-order valence-electron chi connectivity index (χ3n) is 5.78. The molecule has 4 nitrogen and oxygen atoms in total. The number of hydrogen-bond donors (Lipinski definition) is 2. The van der Waals surface area contributed by atoms with Crippen molar-refractivity contribution in [3.63, 3.8) is 0 Å². The number of nitrogens with zero attached hydrogens (tertiary/aromatic N) is 2. The average molecular weight is 483 g/mol. The van der Waals surface area contributed by atoms with E-state index < -0.39 is 0 Å². The largest absolute Gasteiger partial charge is 0.378 e. The molecule has 180 valence electrons. The van der Waals surface area contributed by atoms with Crippen LogP contribution < -0.4 is 10.6 Å². The Morgan fingerprint density at radius 1 is 1.20 bits per heavy atom. The second-order valence-corrected chi connectivity index (χ2v) is 9.23. The van der Waals surface area contributed by atoms with Gasteiger partial charge in [0.05, 0.1) is 11.0 Å². The highest BCUT2D eigenvalue weighted by Gasteiger charge is 2.15. The number of hydrogen-bond acceptors (Lipinski definition) is 3. The Kier molecular flexibility index (Phi) is 8.50. The van der Waals surface area contributed by atoms with Crippen molar-refractivity contribution in [1.82, 2.24) is 20.1 Å². The zero-order valence-electron chi connectivity index (χ0n) is 21.3. The van der Waals surface area contributed by atoms with Crippen molar-refractivity contribution in [1.29, 1.82) is 0 Å². The molecule has 5 heteroatoms. The molecule has 0 saturated heterocycles. The minimum Gasteiger partial charge on any atom is -0.378 e. The van der Waals surface area contributed by atoms with E-state index in [-0.39, 0.29) is 0 Å². The molecule has 0 aliphatic carbocycles. The van der Waals surface area contributed by atoms with Gasteiger partial charge in [0.1, 0.15) is 5.69 Å². The normalized spacial score (nSPS) is 13.9. The zero-order chi connectivity index (χ0) is 25.5. The summed E-state index contributed by atoms with van der Waals surface area (Å²) in [5, 5.41) is 11.9. The molecule has 0 fully saturated rings. The molecule has 0 unspecified atom stereocenters. The topological polar surface area (TPSA) is 47.7 Å². The van der Waals surface area contributed by atoms with E-state index in [2.05, 4.69) is 89.7 Å². The van der Waals surface area contributed by atoms with Crippen LogP contribution in [0, 0.1) is 6.92 Å². The summed E-state index contributed by atoms with van der Waals surface area (Å²) < 4.78 is 0. The van der Waals surface area contributed by atoms with Crippen molar-refractivity contribution in [2.24, 2.45) is 0 Å². The second-order valence-electron chi connectivity index (χ2n) is 8.28. The third kappa shape index (κ3) is 5.64. The van der Waals surface area contributed by atoms with E-state index >= 15 is 0 Å². The van der Waals surface area contributed by atoms with E-state index in [1.165, 1.54) is 4.88 Å². The molecule has 3 aromatic heterocycles. The highest BCUT2D eigenvalue weighted by Crippen LogP contribution is 2.31. The molecule has 3 heterocycles. The quantitative estimate of drug-likeness (QED) is 0.362. The Bertz CT molecular complexity index is 1430. The predicted octanol–water partition coefficient (Wildman–Crippen LogP) is 6.11. The Labute approximate surface area is 212 Å². The molecular formula is C30H34N4S. The second kappa shape index (κ2) is 11.5. The SMILES string of the molecule is C=C/C=C(/c1cccs1)c1cc(-c2n[nH]c(=C/C)/c2=C\C(=C)C(=C/C)/C=C(\C=C)N(C)C)[nH]c1C. The molecular weight excluding hydrogens is 448 g/mol. The molecule has 0 saturated carbocycles. The first-order valence-electron chi connectivity index (χ1n) is 11.5. The van der Waals surface area contributed by atoms with E-state index in [1.807, 2.05) is 51.1 Å². The Balaban J connectivity index is 2.14. The van der Waals surface area contributed by atoms with Crippen LogP contribution >= 0.6 is 11.3 Å². The first-order valence-corrected chi connectivity index (χ1v) is 12.4. The summed E-state index contributed by atoms with van der Waals surface area (Å²) in [5.74, 6) is 0. The standard InChI is InChI=1S/C30H34N4S/c1-9-14-24(29-15-13-16-35-29)25-19-28(31-21(25)6)30-26(27(12-4)32-33-30)17-20(5)22(10-2)18-23(11-3)34(7)8/h9-19,31-32H,1,3,5H2,2,4,6-8H3/b22-10+,23-18+,24-14+,26-17+,27-12+. The van der Waals surface area contributed by atoms with E-state index in [0.717, 1.165) is 55.6 Å². The number of allylic oxidation sites excluding steroid dienone is 7. The summed E-state index contributed by atoms with van der Waals surface area (Å²) >= 11 is 1.72. The van der Waals surface area contributed by atoms with E-state index in [0.29, 0.717) is 0 Å². The van der Waals surface area contributed by atoms with Crippen LogP contribution in [0.5, 0.6) is 0 Å². The van der Waals surface area contributed by atoms with Crippen molar-refractivity contribution >= 4 is 29.1 Å². The van der Waals surface area contributed by atoms with Crippen LogP contribution in [0.4, 0.5) is 0 Å². The molecule has 2 N–H and O–H groups in total. The van der Waals surface area contributed by atoms with E-state index in [1.54, 1.807) is 11.3 Å². The van der Waals surface area contributed by atoms with E-state index in [9.17, 15) is 0 Å². The first-order chi connectivity index (χ1) is 16.8. The zero-order valence-corrected chi connectivity index (χ0v) is 22.1. The van der Waals surface area contributed by atoms with Gasteiger partial charge in [-0.1, -0.05) is 50.1 Å². The van der Waals surface area contributed by atoms with E-state index in [4.69, 9.17) is 0 Å². The molecule has 0 aliphatic rings. The maximum atomic E-state index is 4.67. The fraction of sp³-hybridized carbons (Fsp3) is 0.167. The predicted molar refractivity (Wildman–Crippen MR) is 153 cm³/mol. The molecule has 3 rings (SSSR count). The highest BCUT2D eigenvalue weighted by molar-refractivity contribution is 7.11. The lowest BCUT2D eigenvalue weighted by Crippen LogP contribution is -2.23. The van der Waals surface area contributed by atoms with Crippen molar-refractivity contribution in [3.8, 4) is 11.4 Å². The van der Waals surface area contributed by atoms with Crippen molar-refractivity contribution in [2.75, 3.05) is 14.1 Å². The Morgan fingerprint density at radius 2 is 1.97 bits per heavy atom. The minimum absolute atomic E-state index is 0.855. The summed E-state index contributed by atoms with van der Waals surface area (Å²) in [5.41, 5.74) is 8.10. The van der Waals surface area contributed by atoms with Gasteiger partial charge in [-0.3, -0.25) is 5.10 Å². The number of likely N-dealkylation sites (N-methyl/N-ethyl adjacent to an activating group) is 1. The summed E-state index contributed by atoms with van der Waals surface area (Å²) in [6.45, 7) is 18.3. The number of H-pyrrole nitrogens is 2. The fourth-order valence-electron chi connectivity index (χ4n) is 3.90. The van der Waals surface area contributed by atoms with Crippen molar-refractivity contribution < 1.29 is 0 Å². The summed E-state index contributed by atoms with van der Waals surface area (Å²) in [4.78, 5) is 6.78. The van der Waals surface area contributed by atoms with Crippen LogP contribution in [0.25, 0.3) is 29.1 Å². The molecule has 0 aliphatic heterocycles. The van der Waals surface area contributed by atoms with Gasteiger partial charge in [0, 0.05) is 46.7 Å². The van der Waals surface area contributed by atoms with Crippen LogP contribution in [0.2, 0.25) is 0 Å². The lowest BCUT2D eigenvalue weighted by atomic mass is 10.0. The number of thiophene rings is 1. The number of rotatable bonds is 9. The van der Waals surface area contributed by atoms with Gasteiger partial charge in [-0.2, -0.15) is 5.10 Å². The third-order valence-corrected chi connectivity index (χ3v) is 6.69. The smallest absolute Gasteiger partial charge is 0.116 e. The number of nitrogens with one attached hydrogen (secondary N) is 2. The van der Waals surface area contributed by atoms with Crippen molar-refractivity contribution in [2.45, 2.75) is 20.8 Å². The van der Waals surface area contributed by atoms with Gasteiger partial charge in [-0.25, -0.2) is 0 Å². The van der Waals surface area contributed by atoms with Crippen LogP contribution in [0.1, 0.15) is 30.0 Å². The maximum absolute atomic E-state index is 4.67. The molecule has 3 aromatic rings. The summed E-state index contributed by atoms with van der Waals surface area (Å²) in [6.07, 6.45) is 14.0. The minimum atomic E-state index is 0.855. The Morgan fingerprint density at radius 3 is 2.54 bits per heavy atom. The molecule has 0 aromatic carbocycles. The molecule has 0 amide bonds. The number of aromatic amines is 2. The van der Waals surface area contributed by atoms with Crippen LogP contribution in [-0.2, 0) is 0 Å². The number of aromatic nitrogens is 3. The first kappa shape index (κ1) is 25.8. The fourth-order valence-corrected chi connectivity index (χ4v) is 4.67. The van der Waals surface area contributed by atoms with Gasteiger partial charge in [0.15, 0.2) is 0 Å². The summed E-state index contributed by atoms with van der Waals surface area (Å²) in [7, 11) is 4.00. The van der Waals surface area contributed by atoms with Gasteiger partial charge in [0.2, 0.25) is 0 Å². The van der Waals surface area contributed by atoms with Gasteiger partial charge < -0.3 is 9.88 Å². The maximum Gasteiger partial charge on any atom is 0.116 e. The van der Waals surface area contributed by atoms with Gasteiger partial charge >= 0.3 is 0 Å². The molecule has 35 heavy (non-hydrogen) atoms. The Hall–Kier alpha value is -3.83. The lowest BCUT2D eigenvalue weighted by Gasteiger charge is -2.14. The number of aryl methyl sites for hydroxylation is 1. The molecule has 0 bridgehead atoms.